The van der Waals surface area contributed by atoms with Crippen molar-refractivity contribution in [3.63, 3.8) is 0 Å². The SMILES string of the molecule is COCCC(C)(C)CNC(=O)c1n[nH]c(C2CC2)n1. The zero-order chi connectivity index (χ0) is 13.9. The maximum atomic E-state index is 11.9. The molecule has 2 N–H and O–H groups in total. The van der Waals surface area contributed by atoms with Crippen molar-refractivity contribution in [3.8, 4) is 0 Å². The summed E-state index contributed by atoms with van der Waals surface area (Å²) in [6, 6.07) is 0. The Hall–Kier alpha value is -1.43. The van der Waals surface area contributed by atoms with Gasteiger partial charge < -0.3 is 10.1 Å². The van der Waals surface area contributed by atoms with Crippen molar-refractivity contribution in [2.45, 2.75) is 39.0 Å². The summed E-state index contributed by atoms with van der Waals surface area (Å²) < 4.78 is 5.06. The Labute approximate surface area is 113 Å². The summed E-state index contributed by atoms with van der Waals surface area (Å²) in [6.45, 7) is 5.47. The van der Waals surface area contributed by atoms with Crippen LogP contribution in [-0.4, -0.2) is 41.3 Å². The minimum absolute atomic E-state index is 0.00129. The number of hydrogen-bond donors (Lipinski definition) is 2. The standard InChI is InChI=1S/C13H22N4O2/c1-13(2,6-7-19-3)8-14-12(18)11-15-10(16-17-11)9-4-5-9/h9H,4-8H2,1-3H3,(H,14,18)(H,15,16,17). The van der Waals surface area contributed by atoms with Crippen molar-refractivity contribution in [1.29, 1.82) is 0 Å². The molecule has 1 heterocycles. The van der Waals surface area contributed by atoms with Crippen molar-refractivity contribution in [2.75, 3.05) is 20.3 Å². The number of amides is 1. The first-order valence-electron chi connectivity index (χ1n) is 6.71. The number of methoxy groups -OCH3 is 1. The molecule has 0 atom stereocenters. The van der Waals surface area contributed by atoms with Crippen molar-refractivity contribution in [2.24, 2.45) is 5.41 Å². The van der Waals surface area contributed by atoms with Crippen LogP contribution in [0, 0.1) is 5.41 Å². The van der Waals surface area contributed by atoms with Gasteiger partial charge in [-0.15, -0.1) is 5.10 Å². The van der Waals surface area contributed by atoms with Crippen LogP contribution >= 0.6 is 0 Å². The van der Waals surface area contributed by atoms with Gasteiger partial charge in [0.15, 0.2) is 0 Å². The number of carbonyl (C=O) groups excluding carboxylic acids is 1. The molecule has 1 aliphatic carbocycles. The van der Waals surface area contributed by atoms with E-state index in [0.717, 1.165) is 25.1 Å². The molecule has 1 amide bonds. The van der Waals surface area contributed by atoms with Crippen molar-refractivity contribution >= 4 is 5.91 Å². The second-order valence-corrected chi connectivity index (χ2v) is 5.91. The highest BCUT2D eigenvalue weighted by Crippen LogP contribution is 2.37. The molecule has 1 aromatic rings. The fraction of sp³-hybridized carbons (Fsp3) is 0.769. The van der Waals surface area contributed by atoms with Crippen LogP contribution in [0.2, 0.25) is 0 Å². The molecule has 1 saturated carbocycles. The number of H-pyrrole nitrogens is 1. The lowest BCUT2D eigenvalue weighted by Crippen LogP contribution is -2.35. The molecule has 1 fully saturated rings. The number of hydrogen-bond acceptors (Lipinski definition) is 4. The number of ether oxygens (including phenoxy) is 1. The second kappa shape index (κ2) is 5.69. The molecule has 6 heteroatoms. The van der Waals surface area contributed by atoms with Crippen LogP contribution in [-0.2, 0) is 4.74 Å². The predicted octanol–water partition coefficient (Wildman–Crippen LogP) is 1.47. The average molecular weight is 266 g/mol. The number of carbonyl (C=O) groups is 1. The third-order valence-electron chi connectivity index (χ3n) is 3.38. The number of nitrogens with zero attached hydrogens (tertiary/aromatic N) is 2. The largest absolute Gasteiger partial charge is 0.385 e. The first kappa shape index (κ1) is 14.0. The van der Waals surface area contributed by atoms with Gasteiger partial charge in [0.05, 0.1) is 0 Å². The van der Waals surface area contributed by atoms with E-state index in [9.17, 15) is 4.79 Å². The molecular formula is C13H22N4O2. The molecule has 0 aliphatic heterocycles. The molecular weight excluding hydrogens is 244 g/mol. The zero-order valence-electron chi connectivity index (χ0n) is 11.8. The minimum Gasteiger partial charge on any atom is -0.385 e. The fourth-order valence-corrected chi connectivity index (χ4v) is 1.78. The monoisotopic (exact) mass is 266 g/mol. The molecule has 19 heavy (non-hydrogen) atoms. The molecule has 1 aliphatic rings. The highest BCUT2D eigenvalue weighted by Gasteiger charge is 2.28. The van der Waals surface area contributed by atoms with Crippen LogP contribution in [0.4, 0.5) is 0 Å². The summed E-state index contributed by atoms with van der Waals surface area (Å²) in [5.74, 6) is 1.34. The summed E-state index contributed by atoms with van der Waals surface area (Å²) in [4.78, 5) is 16.2. The number of nitrogens with one attached hydrogen (secondary N) is 2. The average Bonchev–Trinajstić information content (AvgIpc) is 3.12. The van der Waals surface area contributed by atoms with E-state index in [2.05, 4.69) is 34.3 Å². The zero-order valence-corrected chi connectivity index (χ0v) is 11.8. The maximum Gasteiger partial charge on any atom is 0.290 e. The summed E-state index contributed by atoms with van der Waals surface area (Å²) in [5.41, 5.74) is 0.00129. The Kier molecular flexibility index (Phi) is 4.19. The highest BCUT2D eigenvalue weighted by molar-refractivity contribution is 5.90. The van der Waals surface area contributed by atoms with Crippen LogP contribution in [0.25, 0.3) is 0 Å². The smallest absolute Gasteiger partial charge is 0.290 e. The third kappa shape index (κ3) is 4.02. The summed E-state index contributed by atoms with van der Waals surface area (Å²) >= 11 is 0. The maximum absolute atomic E-state index is 11.9. The van der Waals surface area contributed by atoms with Crippen LogP contribution in [0.15, 0.2) is 0 Å². The molecule has 0 aromatic carbocycles. The van der Waals surface area contributed by atoms with E-state index < -0.39 is 0 Å². The van der Waals surface area contributed by atoms with Gasteiger partial charge in [-0.05, 0) is 24.7 Å². The quantitative estimate of drug-likeness (QED) is 0.783. The lowest BCUT2D eigenvalue weighted by Gasteiger charge is -2.24. The molecule has 6 nitrogen and oxygen atoms in total. The van der Waals surface area contributed by atoms with Crippen LogP contribution in [0.5, 0.6) is 0 Å². The lowest BCUT2D eigenvalue weighted by atomic mass is 9.90. The number of aromatic nitrogens is 3. The Balaban J connectivity index is 1.82. The van der Waals surface area contributed by atoms with Crippen molar-refractivity contribution in [3.05, 3.63) is 11.6 Å². The van der Waals surface area contributed by atoms with E-state index in [0.29, 0.717) is 19.1 Å². The number of aromatic amines is 1. The van der Waals surface area contributed by atoms with Gasteiger partial charge in [0, 0.05) is 26.2 Å². The molecule has 106 valence electrons. The van der Waals surface area contributed by atoms with Gasteiger partial charge in [0.1, 0.15) is 5.82 Å². The molecule has 0 radical (unpaired) electrons. The number of rotatable bonds is 7. The molecule has 1 aromatic heterocycles. The van der Waals surface area contributed by atoms with Gasteiger partial charge in [-0.25, -0.2) is 4.98 Å². The van der Waals surface area contributed by atoms with E-state index in [-0.39, 0.29) is 17.1 Å². The van der Waals surface area contributed by atoms with Gasteiger partial charge in [0.2, 0.25) is 5.82 Å². The van der Waals surface area contributed by atoms with Crippen molar-refractivity contribution in [1.82, 2.24) is 20.5 Å². The third-order valence-corrected chi connectivity index (χ3v) is 3.38. The van der Waals surface area contributed by atoms with E-state index in [4.69, 9.17) is 4.74 Å². The van der Waals surface area contributed by atoms with E-state index in [1.807, 2.05) is 0 Å². The topological polar surface area (TPSA) is 79.9 Å². The lowest BCUT2D eigenvalue weighted by molar-refractivity contribution is 0.0911. The first-order chi connectivity index (χ1) is 9.02. The second-order valence-electron chi connectivity index (χ2n) is 5.91. The molecule has 0 unspecified atom stereocenters. The molecule has 0 spiro atoms. The summed E-state index contributed by atoms with van der Waals surface area (Å²) in [7, 11) is 1.68. The van der Waals surface area contributed by atoms with E-state index in [1.165, 1.54) is 0 Å². The van der Waals surface area contributed by atoms with E-state index >= 15 is 0 Å². The van der Waals surface area contributed by atoms with Gasteiger partial charge in [-0.2, -0.15) is 0 Å². The fourth-order valence-electron chi connectivity index (χ4n) is 1.78. The van der Waals surface area contributed by atoms with Gasteiger partial charge >= 0.3 is 0 Å². The predicted molar refractivity (Wildman–Crippen MR) is 71.0 cm³/mol. The van der Waals surface area contributed by atoms with E-state index in [1.54, 1.807) is 7.11 Å². The van der Waals surface area contributed by atoms with Crippen molar-refractivity contribution < 1.29 is 9.53 Å². The van der Waals surface area contributed by atoms with Gasteiger partial charge in [-0.1, -0.05) is 13.8 Å². The molecule has 2 rings (SSSR count). The van der Waals surface area contributed by atoms with Gasteiger partial charge in [-0.3, -0.25) is 9.89 Å². The van der Waals surface area contributed by atoms with Gasteiger partial charge in [0.25, 0.3) is 5.91 Å². The molecule has 0 saturated heterocycles. The Morgan fingerprint density at radius 3 is 2.89 bits per heavy atom. The summed E-state index contributed by atoms with van der Waals surface area (Å²) in [6.07, 6.45) is 3.17. The van der Waals surface area contributed by atoms with Crippen LogP contribution in [0.3, 0.4) is 0 Å². The van der Waals surface area contributed by atoms with Crippen LogP contribution in [0.1, 0.15) is 55.5 Å². The Bertz CT molecular complexity index is 438. The Morgan fingerprint density at radius 2 is 2.26 bits per heavy atom. The summed E-state index contributed by atoms with van der Waals surface area (Å²) in [5, 5.41) is 9.69. The minimum atomic E-state index is -0.214. The van der Waals surface area contributed by atoms with Crippen LogP contribution < -0.4 is 5.32 Å². The first-order valence-corrected chi connectivity index (χ1v) is 6.71. The Morgan fingerprint density at radius 1 is 1.53 bits per heavy atom. The molecule has 0 bridgehead atoms. The normalized spacial score (nSPS) is 15.5. The highest BCUT2D eigenvalue weighted by atomic mass is 16.5.